The van der Waals surface area contributed by atoms with Gasteiger partial charge in [0, 0.05) is 30.7 Å². The number of rotatable bonds is 4. The Kier molecular flexibility index (Phi) is 4.37. The van der Waals surface area contributed by atoms with E-state index in [1.807, 2.05) is 6.20 Å². The smallest absolute Gasteiger partial charge is 0.0399 e. The minimum atomic E-state index is 0.789. The second kappa shape index (κ2) is 6.01. The summed E-state index contributed by atoms with van der Waals surface area (Å²) in [5, 5.41) is 3.49. The van der Waals surface area contributed by atoms with Crippen LogP contribution in [0.1, 0.15) is 25.5 Å². The number of piperidine rings is 1. The van der Waals surface area contributed by atoms with Gasteiger partial charge in [0.2, 0.25) is 0 Å². The van der Waals surface area contributed by atoms with Crippen LogP contribution < -0.4 is 10.2 Å². The summed E-state index contributed by atoms with van der Waals surface area (Å²) < 4.78 is 0. The van der Waals surface area contributed by atoms with Crippen molar-refractivity contribution < 1.29 is 0 Å². The molecular formula is C14H23N3. The van der Waals surface area contributed by atoms with E-state index in [2.05, 4.69) is 41.2 Å². The normalized spacial score (nSPS) is 20.2. The Balaban J connectivity index is 2.00. The number of pyridine rings is 1. The molecule has 0 amide bonds. The number of aryl methyl sites for hydroxylation is 1. The number of nitrogens with one attached hydrogen (secondary N) is 1. The second-order valence-electron chi connectivity index (χ2n) is 4.91. The summed E-state index contributed by atoms with van der Waals surface area (Å²) in [6, 6.07) is 4.30. The zero-order valence-corrected chi connectivity index (χ0v) is 10.9. The van der Waals surface area contributed by atoms with Gasteiger partial charge in [0.25, 0.3) is 0 Å². The summed E-state index contributed by atoms with van der Waals surface area (Å²) >= 11 is 0. The van der Waals surface area contributed by atoms with Crippen molar-refractivity contribution in [3.63, 3.8) is 0 Å². The van der Waals surface area contributed by atoms with Crippen molar-refractivity contribution in [1.82, 2.24) is 10.3 Å². The van der Waals surface area contributed by atoms with E-state index < -0.39 is 0 Å². The maximum Gasteiger partial charge on any atom is 0.0399 e. The quantitative estimate of drug-likeness (QED) is 0.864. The van der Waals surface area contributed by atoms with E-state index in [1.165, 1.54) is 31.6 Å². The van der Waals surface area contributed by atoms with Crippen LogP contribution >= 0.6 is 0 Å². The molecule has 1 aliphatic heterocycles. The molecule has 0 aromatic carbocycles. The van der Waals surface area contributed by atoms with Crippen LogP contribution in [0, 0.1) is 12.8 Å². The van der Waals surface area contributed by atoms with Crippen LogP contribution in [0.2, 0.25) is 0 Å². The van der Waals surface area contributed by atoms with Gasteiger partial charge in [0.15, 0.2) is 0 Å². The van der Waals surface area contributed by atoms with Gasteiger partial charge in [-0.15, -0.1) is 0 Å². The van der Waals surface area contributed by atoms with Gasteiger partial charge >= 0.3 is 0 Å². The van der Waals surface area contributed by atoms with Crippen molar-refractivity contribution in [3.8, 4) is 0 Å². The Morgan fingerprint density at radius 2 is 2.41 bits per heavy atom. The minimum Gasteiger partial charge on any atom is -0.371 e. The third kappa shape index (κ3) is 3.43. The minimum absolute atomic E-state index is 0.789. The van der Waals surface area contributed by atoms with E-state index in [1.54, 1.807) is 0 Å². The third-order valence-corrected chi connectivity index (χ3v) is 3.50. The second-order valence-corrected chi connectivity index (χ2v) is 4.91. The number of hydrogen-bond donors (Lipinski definition) is 1. The average Bonchev–Trinajstić information content (AvgIpc) is 2.37. The van der Waals surface area contributed by atoms with E-state index in [0.29, 0.717) is 0 Å². The molecule has 3 nitrogen and oxygen atoms in total. The molecule has 94 valence electrons. The lowest BCUT2D eigenvalue weighted by molar-refractivity contribution is 0.378. The van der Waals surface area contributed by atoms with Crippen LogP contribution in [0.3, 0.4) is 0 Å². The molecule has 0 radical (unpaired) electrons. The zero-order chi connectivity index (χ0) is 12.1. The van der Waals surface area contributed by atoms with Gasteiger partial charge in [0.05, 0.1) is 0 Å². The molecule has 0 saturated carbocycles. The van der Waals surface area contributed by atoms with Gasteiger partial charge in [-0.25, -0.2) is 0 Å². The first-order valence-electron chi connectivity index (χ1n) is 6.68. The Labute approximate surface area is 104 Å². The SMILES string of the molecule is CCN(CC1CCCNC1)c1ccnc(C)c1. The van der Waals surface area contributed by atoms with E-state index in [9.17, 15) is 0 Å². The fourth-order valence-corrected chi connectivity index (χ4v) is 2.54. The Morgan fingerprint density at radius 1 is 1.53 bits per heavy atom. The van der Waals surface area contributed by atoms with Gasteiger partial charge < -0.3 is 10.2 Å². The maximum absolute atomic E-state index is 4.26. The molecule has 1 saturated heterocycles. The molecule has 0 bridgehead atoms. The molecule has 1 N–H and O–H groups in total. The van der Waals surface area contributed by atoms with E-state index in [4.69, 9.17) is 0 Å². The molecule has 3 heteroatoms. The first kappa shape index (κ1) is 12.4. The summed E-state index contributed by atoms with van der Waals surface area (Å²) in [6.07, 6.45) is 4.58. The molecule has 1 aliphatic rings. The summed E-state index contributed by atoms with van der Waals surface area (Å²) in [7, 11) is 0. The van der Waals surface area contributed by atoms with Crippen LogP contribution in [0.4, 0.5) is 5.69 Å². The monoisotopic (exact) mass is 233 g/mol. The molecule has 1 unspecified atom stereocenters. The molecule has 17 heavy (non-hydrogen) atoms. The van der Waals surface area contributed by atoms with Gasteiger partial charge in [-0.2, -0.15) is 0 Å². The van der Waals surface area contributed by atoms with Crippen LogP contribution in [0.25, 0.3) is 0 Å². The summed E-state index contributed by atoms with van der Waals surface area (Å²) in [6.45, 7) is 8.87. The Bertz CT molecular complexity index is 345. The highest BCUT2D eigenvalue weighted by atomic mass is 15.1. The number of hydrogen-bond acceptors (Lipinski definition) is 3. The highest BCUT2D eigenvalue weighted by molar-refractivity contribution is 5.46. The maximum atomic E-state index is 4.26. The van der Waals surface area contributed by atoms with Gasteiger partial charge in [-0.1, -0.05) is 0 Å². The number of anilines is 1. The molecule has 0 spiro atoms. The zero-order valence-electron chi connectivity index (χ0n) is 10.9. The lowest BCUT2D eigenvalue weighted by Gasteiger charge is -2.31. The fraction of sp³-hybridized carbons (Fsp3) is 0.643. The van der Waals surface area contributed by atoms with Crippen LogP contribution in [0.15, 0.2) is 18.3 Å². The lowest BCUT2D eigenvalue weighted by Crippen LogP contribution is -2.38. The highest BCUT2D eigenvalue weighted by Gasteiger charge is 2.16. The third-order valence-electron chi connectivity index (χ3n) is 3.50. The molecule has 2 rings (SSSR count). The Hall–Kier alpha value is -1.09. The van der Waals surface area contributed by atoms with E-state index in [-0.39, 0.29) is 0 Å². The largest absolute Gasteiger partial charge is 0.371 e. The topological polar surface area (TPSA) is 28.2 Å². The first-order chi connectivity index (χ1) is 8.29. The van der Waals surface area contributed by atoms with Crippen molar-refractivity contribution in [2.24, 2.45) is 5.92 Å². The molecular weight excluding hydrogens is 210 g/mol. The molecule has 2 heterocycles. The molecule has 1 aromatic rings. The van der Waals surface area contributed by atoms with Crippen molar-refractivity contribution in [2.45, 2.75) is 26.7 Å². The van der Waals surface area contributed by atoms with Gasteiger partial charge in [-0.05, 0) is 57.8 Å². The van der Waals surface area contributed by atoms with Gasteiger partial charge in [-0.3, -0.25) is 4.98 Å². The van der Waals surface area contributed by atoms with Gasteiger partial charge in [0.1, 0.15) is 0 Å². The fourth-order valence-electron chi connectivity index (χ4n) is 2.54. The van der Waals surface area contributed by atoms with E-state index >= 15 is 0 Å². The molecule has 0 aliphatic carbocycles. The molecule has 1 atom stereocenters. The van der Waals surface area contributed by atoms with Crippen LogP contribution in [-0.2, 0) is 0 Å². The predicted octanol–water partition coefficient (Wildman–Crippen LogP) is 2.22. The van der Waals surface area contributed by atoms with Crippen molar-refractivity contribution in [3.05, 3.63) is 24.0 Å². The van der Waals surface area contributed by atoms with E-state index in [0.717, 1.165) is 24.7 Å². The summed E-state index contributed by atoms with van der Waals surface area (Å²) in [5.74, 6) is 0.789. The predicted molar refractivity (Wildman–Crippen MR) is 72.5 cm³/mol. The molecule has 1 aromatic heterocycles. The average molecular weight is 233 g/mol. The lowest BCUT2D eigenvalue weighted by atomic mass is 9.99. The number of aromatic nitrogens is 1. The summed E-state index contributed by atoms with van der Waals surface area (Å²) in [5.41, 5.74) is 2.41. The number of nitrogens with zero attached hydrogens (tertiary/aromatic N) is 2. The van der Waals surface area contributed by atoms with Crippen molar-refractivity contribution in [1.29, 1.82) is 0 Å². The standard InChI is InChI=1S/C14H23N3/c1-3-17(11-13-5-4-7-15-10-13)14-6-8-16-12(2)9-14/h6,8-9,13,15H,3-5,7,10-11H2,1-2H3. The molecule has 1 fully saturated rings. The highest BCUT2D eigenvalue weighted by Crippen LogP contribution is 2.18. The van der Waals surface area contributed by atoms with Crippen LogP contribution in [0.5, 0.6) is 0 Å². The Morgan fingerprint density at radius 3 is 3.06 bits per heavy atom. The first-order valence-corrected chi connectivity index (χ1v) is 6.68. The van der Waals surface area contributed by atoms with Crippen LogP contribution in [-0.4, -0.2) is 31.2 Å². The van der Waals surface area contributed by atoms with Crippen molar-refractivity contribution in [2.75, 3.05) is 31.1 Å². The van der Waals surface area contributed by atoms with Crippen molar-refractivity contribution >= 4 is 5.69 Å². The summed E-state index contributed by atoms with van der Waals surface area (Å²) in [4.78, 5) is 6.73.